The first-order chi connectivity index (χ1) is 25.1. The Kier molecular flexibility index (Phi) is 11.0. The summed E-state index contributed by atoms with van der Waals surface area (Å²) in [4.78, 5) is 70.5. The van der Waals surface area contributed by atoms with E-state index in [1.165, 1.54) is 4.90 Å². The zero-order valence-electron chi connectivity index (χ0n) is 29.2. The molecule has 3 N–H and O–H groups in total. The van der Waals surface area contributed by atoms with Gasteiger partial charge in [-0.3, -0.25) is 19.1 Å². The summed E-state index contributed by atoms with van der Waals surface area (Å²) in [5, 5.41) is 4.26. The summed E-state index contributed by atoms with van der Waals surface area (Å²) in [6.45, 7) is 1.02. The number of nitrogens with one attached hydrogen (secondary N) is 3. The van der Waals surface area contributed by atoms with Crippen LogP contribution in [0.15, 0.2) is 36.4 Å². The van der Waals surface area contributed by atoms with Crippen LogP contribution in [0.2, 0.25) is 0 Å². The summed E-state index contributed by atoms with van der Waals surface area (Å²) in [6.07, 6.45) is -3.41. The Bertz CT molecular complexity index is 1750. The van der Waals surface area contributed by atoms with Gasteiger partial charge >= 0.3 is 18.4 Å². The van der Waals surface area contributed by atoms with Crippen LogP contribution in [0.3, 0.4) is 0 Å². The van der Waals surface area contributed by atoms with Crippen LogP contribution in [-0.2, 0) is 46.8 Å². The molecule has 0 spiro atoms. The van der Waals surface area contributed by atoms with E-state index in [4.69, 9.17) is 4.74 Å². The molecule has 2 saturated carbocycles. The van der Waals surface area contributed by atoms with Gasteiger partial charge in [0.15, 0.2) is 6.10 Å². The molecule has 0 radical (unpaired) electrons. The normalized spacial score (nSPS) is 29.1. The van der Waals surface area contributed by atoms with Gasteiger partial charge in [-0.25, -0.2) is 18.0 Å². The zero-order valence-corrected chi connectivity index (χ0v) is 30.0. The smallest absolute Gasteiger partial charge is 0.425 e. The van der Waals surface area contributed by atoms with E-state index in [0.29, 0.717) is 58.4 Å². The van der Waals surface area contributed by atoms with Crippen molar-refractivity contribution in [2.45, 2.75) is 119 Å². The highest BCUT2D eigenvalue weighted by molar-refractivity contribution is 7.91. The SMILES string of the molecule is CC(OC(=O)N[C@H]1CCCCC/C=C/[C@@H]2C[C@@]2(C(=O)NS(=O)(=O)C2CC2)NC(=O)[C@@H]2C[C@@H](OC(=O)N3CCc4ccccc4C3)CN2C1=O)C(F)(F)F. The van der Waals surface area contributed by atoms with E-state index >= 15 is 0 Å². The molecule has 3 aliphatic heterocycles. The fourth-order valence-corrected chi connectivity index (χ4v) is 8.48. The van der Waals surface area contributed by atoms with E-state index in [9.17, 15) is 45.6 Å². The number of fused-ring (bicyclic) bond motifs is 3. The van der Waals surface area contributed by atoms with Crippen LogP contribution in [-0.4, -0.2) is 102 Å². The molecule has 5 aliphatic rings. The first kappa shape index (κ1) is 38.4. The highest BCUT2D eigenvalue weighted by atomic mass is 32.2. The third-order valence-corrected chi connectivity index (χ3v) is 12.4. The van der Waals surface area contributed by atoms with Gasteiger partial charge in [-0.05, 0) is 63.0 Å². The monoisotopic (exact) mass is 767 g/mol. The van der Waals surface area contributed by atoms with E-state index in [1.54, 1.807) is 6.08 Å². The van der Waals surface area contributed by atoms with Crippen LogP contribution in [0, 0.1) is 5.92 Å². The minimum absolute atomic E-state index is 0.00845. The maximum atomic E-state index is 14.2. The summed E-state index contributed by atoms with van der Waals surface area (Å²) >= 11 is 0. The Labute approximate surface area is 305 Å². The molecule has 18 heteroatoms. The van der Waals surface area contributed by atoms with Crippen molar-refractivity contribution < 1.29 is 55.0 Å². The van der Waals surface area contributed by atoms with Gasteiger partial charge in [0, 0.05) is 25.4 Å². The van der Waals surface area contributed by atoms with Crippen molar-refractivity contribution in [3.63, 3.8) is 0 Å². The standard InChI is InChI=1S/C35H44F3N5O9S/c1-21(35(36,37)38)51-32(47)39-27-12-6-4-2-3-5-11-24-18-34(24,31(46)41-53(49,50)26-13-14-26)40-29(44)28-17-25(20-43(28)30(27)45)52-33(48)42-16-15-22-9-7-8-10-23(22)19-42/h5,7-11,21,24-28H,2-4,6,12-20H2,1H3,(H,39,47)(H,40,44)(H,41,46)/b11-5+/t21?,24-,25-,27+,28+,34-/m1/s1. The quantitative estimate of drug-likeness (QED) is 0.367. The molecule has 290 valence electrons. The van der Waals surface area contributed by atoms with Crippen LogP contribution in [0.1, 0.15) is 75.8 Å². The minimum atomic E-state index is -4.84. The lowest BCUT2D eigenvalue weighted by Gasteiger charge is -2.30. The van der Waals surface area contributed by atoms with Gasteiger partial charge in [0.25, 0.3) is 5.91 Å². The Morgan fingerprint density at radius 2 is 1.79 bits per heavy atom. The summed E-state index contributed by atoms with van der Waals surface area (Å²) in [6, 6.07) is 4.90. The number of amides is 5. The average molecular weight is 768 g/mol. The molecule has 1 aromatic carbocycles. The Morgan fingerprint density at radius 1 is 1.06 bits per heavy atom. The van der Waals surface area contributed by atoms with Gasteiger partial charge in [-0.1, -0.05) is 49.3 Å². The first-order valence-corrected chi connectivity index (χ1v) is 19.5. The molecule has 6 rings (SSSR count). The number of hydrogen-bond donors (Lipinski definition) is 3. The summed E-state index contributed by atoms with van der Waals surface area (Å²) in [5.74, 6) is -3.07. The Balaban J connectivity index is 1.24. The molecular weight excluding hydrogens is 723 g/mol. The second kappa shape index (κ2) is 15.2. The van der Waals surface area contributed by atoms with Gasteiger partial charge < -0.3 is 29.9 Å². The molecule has 1 aromatic rings. The van der Waals surface area contributed by atoms with Crippen LogP contribution in [0.5, 0.6) is 0 Å². The zero-order chi connectivity index (χ0) is 38.1. The highest BCUT2D eigenvalue weighted by Gasteiger charge is 2.62. The van der Waals surface area contributed by atoms with Crippen molar-refractivity contribution >= 4 is 39.9 Å². The van der Waals surface area contributed by atoms with Crippen LogP contribution < -0.4 is 15.4 Å². The van der Waals surface area contributed by atoms with Crippen LogP contribution >= 0.6 is 0 Å². The van der Waals surface area contributed by atoms with Crippen LogP contribution in [0.4, 0.5) is 22.8 Å². The lowest BCUT2D eigenvalue weighted by atomic mass is 10.0. The predicted octanol–water partition coefficient (Wildman–Crippen LogP) is 3.20. The number of ether oxygens (including phenoxy) is 2. The molecule has 53 heavy (non-hydrogen) atoms. The van der Waals surface area contributed by atoms with E-state index in [-0.39, 0.29) is 32.4 Å². The second-order valence-corrected chi connectivity index (χ2v) is 16.4. The number of alkyl carbamates (subject to hydrolysis) is 1. The van der Waals surface area contributed by atoms with Crippen molar-refractivity contribution in [2.75, 3.05) is 13.1 Å². The number of halogens is 3. The summed E-state index contributed by atoms with van der Waals surface area (Å²) in [5.41, 5.74) is 0.420. The van der Waals surface area contributed by atoms with Gasteiger partial charge in [0.05, 0.1) is 11.8 Å². The third-order valence-electron chi connectivity index (χ3n) is 10.5. The summed E-state index contributed by atoms with van der Waals surface area (Å²) in [7, 11) is -3.97. The number of benzene rings is 1. The lowest BCUT2D eigenvalue weighted by molar-refractivity contribution is -0.197. The fraction of sp³-hybridized carbons (Fsp3) is 0.629. The molecular formula is C35H44F3N5O9S. The minimum Gasteiger partial charge on any atom is -0.444 e. The van der Waals surface area contributed by atoms with Crippen molar-refractivity contribution in [2.24, 2.45) is 5.92 Å². The van der Waals surface area contributed by atoms with Gasteiger partial charge in [-0.15, -0.1) is 0 Å². The number of sulfonamides is 1. The average Bonchev–Trinajstić information content (AvgIpc) is 4.03. The van der Waals surface area contributed by atoms with Gasteiger partial charge in [0.2, 0.25) is 21.8 Å². The molecule has 6 atom stereocenters. The Hall–Kier alpha value is -4.35. The molecule has 1 saturated heterocycles. The maximum absolute atomic E-state index is 14.2. The molecule has 1 unspecified atom stereocenters. The predicted molar refractivity (Wildman–Crippen MR) is 181 cm³/mol. The van der Waals surface area contributed by atoms with Crippen molar-refractivity contribution in [3.8, 4) is 0 Å². The maximum Gasteiger partial charge on any atom is 0.425 e. The van der Waals surface area contributed by atoms with Gasteiger partial charge in [0.1, 0.15) is 23.7 Å². The summed E-state index contributed by atoms with van der Waals surface area (Å²) < 4.78 is 77.4. The highest BCUT2D eigenvalue weighted by Crippen LogP contribution is 2.46. The third kappa shape index (κ3) is 8.90. The number of nitrogens with zero attached hydrogens (tertiary/aromatic N) is 2. The van der Waals surface area contributed by atoms with E-state index in [0.717, 1.165) is 16.0 Å². The molecule has 2 aliphatic carbocycles. The number of allylic oxidation sites excluding steroid dienone is 1. The second-order valence-electron chi connectivity index (χ2n) is 14.5. The Morgan fingerprint density at radius 3 is 2.51 bits per heavy atom. The van der Waals surface area contributed by atoms with Crippen molar-refractivity contribution in [3.05, 3.63) is 47.5 Å². The molecule has 3 fully saturated rings. The van der Waals surface area contributed by atoms with E-state index in [1.807, 2.05) is 30.3 Å². The molecule has 0 bridgehead atoms. The number of carbonyl (C=O) groups is 5. The van der Waals surface area contributed by atoms with E-state index < -0.39 is 87.1 Å². The van der Waals surface area contributed by atoms with Crippen molar-refractivity contribution in [1.82, 2.24) is 25.2 Å². The number of rotatable bonds is 6. The van der Waals surface area contributed by atoms with Crippen LogP contribution in [0.25, 0.3) is 0 Å². The largest absolute Gasteiger partial charge is 0.444 e. The topological polar surface area (TPSA) is 181 Å². The number of carbonyl (C=O) groups excluding carboxylic acids is 5. The molecule has 0 aromatic heterocycles. The number of alkyl halides is 3. The molecule has 14 nitrogen and oxygen atoms in total. The number of hydrogen-bond acceptors (Lipinski definition) is 9. The first-order valence-electron chi connectivity index (χ1n) is 18.0. The molecule has 5 amide bonds. The molecule has 3 heterocycles. The lowest BCUT2D eigenvalue weighted by Crippen LogP contribution is -2.58. The fourth-order valence-electron chi connectivity index (χ4n) is 7.12. The van der Waals surface area contributed by atoms with Gasteiger partial charge in [-0.2, -0.15) is 13.2 Å². The van der Waals surface area contributed by atoms with E-state index in [2.05, 4.69) is 20.1 Å². The van der Waals surface area contributed by atoms with Crippen molar-refractivity contribution in [1.29, 1.82) is 0 Å².